The summed E-state index contributed by atoms with van der Waals surface area (Å²) in [6, 6.07) is 9.10. The standard InChI is InChI=1S/C35H56O/c1-5-9-11-14-28-16-20-30(21-17-28)34(13-7-3)31-24-26-33(27-25-31)36-35(8-4)32-22-18-29(19-23-32)15-12-10-6-2/h7-8,24-30,32,34-35H,3-6,9-23H2,1-2H3. The van der Waals surface area contributed by atoms with Gasteiger partial charge in [0.05, 0.1) is 0 Å². The molecule has 1 aromatic rings. The van der Waals surface area contributed by atoms with E-state index in [1.807, 2.05) is 0 Å². The molecule has 2 unspecified atom stereocenters. The predicted molar refractivity (Wildman–Crippen MR) is 158 cm³/mol. The van der Waals surface area contributed by atoms with Gasteiger partial charge in [0.25, 0.3) is 0 Å². The Balaban J connectivity index is 1.50. The highest BCUT2D eigenvalue weighted by atomic mass is 16.5. The maximum absolute atomic E-state index is 6.50. The lowest BCUT2D eigenvalue weighted by atomic mass is 9.71. The van der Waals surface area contributed by atoms with Crippen LogP contribution >= 0.6 is 0 Å². The lowest BCUT2D eigenvalue weighted by Crippen LogP contribution is -2.29. The number of unbranched alkanes of at least 4 members (excludes halogenated alkanes) is 4. The molecule has 0 spiro atoms. The van der Waals surface area contributed by atoms with Gasteiger partial charge in [0.1, 0.15) is 11.9 Å². The Morgan fingerprint density at radius 3 is 1.75 bits per heavy atom. The fraction of sp³-hybridized carbons (Fsp3) is 0.714. The van der Waals surface area contributed by atoms with Crippen LogP contribution in [0.25, 0.3) is 0 Å². The van der Waals surface area contributed by atoms with Crippen LogP contribution in [0.5, 0.6) is 5.75 Å². The zero-order valence-corrected chi connectivity index (χ0v) is 23.8. The molecule has 1 aromatic carbocycles. The van der Waals surface area contributed by atoms with Crippen LogP contribution in [-0.4, -0.2) is 6.10 Å². The van der Waals surface area contributed by atoms with Crippen molar-refractivity contribution in [1.82, 2.24) is 0 Å². The normalized spacial score (nSPS) is 26.2. The van der Waals surface area contributed by atoms with Gasteiger partial charge < -0.3 is 4.74 Å². The molecule has 202 valence electrons. The van der Waals surface area contributed by atoms with Crippen molar-refractivity contribution in [3.8, 4) is 5.75 Å². The molecule has 0 radical (unpaired) electrons. The lowest BCUT2D eigenvalue weighted by Gasteiger charge is -2.34. The molecule has 0 saturated heterocycles. The molecule has 0 bridgehead atoms. The first-order valence-electron chi connectivity index (χ1n) is 15.7. The third kappa shape index (κ3) is 9.11. The highest BCUT2D eigenvalue weighted by Gasteiger charge is 2.29. The number of benzene rings is 1. The molecule has 1 nitrogen and oxygen atoms in total. The summed E-state index contributed by atoms with van der Waals surface area (Å²) < 4.78 is 6.50. The van der Waals surface area contributed by atoms with E-state index in [1.54, 1.807) is 0 Å². The Morgan fingerprint density at radius 1 is 0.750 bits per heavy atom. The summed E-state index contributed by atoms with van der Waals surface area (Å²) in [6.45, 7) is 12.8. The maximum Gasteiger partial charge on any atom is 0.120 e. The summed E-state index contributed by atoms with van der Waals surface area (Å²) in [5.74, 6) is 4.93. The highest BCUT2D eigenvalue weighted by molar-refractivity contribution is 5.31. The molecule has 3 rings (SSSR count). The van der Waals surface area contributed by atoms with Crippen molar-refractivity contribution in [3.63, 3.8) is 0 Å². The van der Waals surface area contributed by atoms with Gasteiger partial charge >= 0.3 is 0 Å². The number of rotatable bonds is 16. The lowest BCUT2D eigenvalue weighted by molar-refractivity contribution is 0.127. The molecule has 2 atom stereocenters. The van der Waals surface area contributed by atoms with E-state index in [0.29, 0.717) is 11.8 Å². The van der Waals surface area contributed by atoms with Gasteiger partial charge in [-0.25, -0.2) is 0 Å². The van der Waals surface area contributed by atoms with Crippen molar-refractivity contribution in [2.75, 3.05) is 0 Å². The average molecular weight is 493 g/mol. The summed E-state index contributed by atoms with van der Waals surface area (Å²) in [4.78, 5) is 0. The second kappa shape index (κ2) is 16.4. The third-order valence-corrected chi connectivity index (χ3v) is 9.48. The highest BCUT2D eigenvalue weighted by Crippen LogP contribution is 2.42. The summed E-state index contributed by atoms with van der Waals surface area (Å²) in [7, 11) is 0. The van der Waals surface area contributed by atoms with Crippen molar-refractivity contribution in [2.24, 2.45) is 23.7 Å². The van der Waals surface area contributed by atoms with Gasteiger partial charge in [0.15, 0.2) is 0 Å². The van der Waals surface area contributed by atoms with Crippen LogP contribution in [-0.2, 0) is 0 Å². The SMILES string of the molecule is C=CCC(c1ccc(OC(C=C)C2CCC(CCCCC)CC2)cc1)C1CCC(CCCCC)CC1. The van der Waals surface area contributed by atoms with Crippen LogP contribution in [0.1, 0.15) is 134 Å². The number of hydrogen-bond donors (Lipinski definition) is 0. The monoisotopic (exact) mass is 492 g/mol. The van der Waals surface area contributed by atoms with E-state index < -0.39 is 0 Å². The first-order valence-corrected chi connectivity index (χ1v) is 15.7. The van der Waals surface area contributed by atoms with E-state index in [1.165, 1.54) is 108 Å². The van der Waals surface area contributed by atoms with E-state index in [4.69, 9.17) is 4.74 Å². The molecule has 0 amide bonds. The van der Waals surface area contributed by atoms with Crippen LogP contribution in [0.15, 0.2) is 49.6 Å². The van der Waals surface area contributed by atoms with E-state index >= 15 is 0 Å². The van der Waals surface area contributed by atoms with Crippen LogP contribution < -0.4 is 4.74 Å². The fourth-order valence-corrected chi connectivity index (χ4v) is 7.12. The second-order valence-corrected chi connectivity index (χ2v) is 12.1. The molecule has 36 heavy (non-hydrogen) atoms. The largest absolute Gasteiger partial charge is 0.486 e. The zero-order valence-electron chi connectivity index (χ0n) is 23.8. The van der Waals surface area contributed by atoms with Crippen molar-refractivity contribution in [1.29, 1.82) is 0 Å². The zero-order chi connectivity index (χ0) is 25.6. The molecule has 2 aliphatic rings. The molecule has 0 aliphatic heterocycles. The van der Waals surface area contributed by atoms with Crippen molar-refractivity contribution >= 4 is 0 Å². The van der Waals surface area contributed by atoms with Gasteiger partial charge in [-0.15, -0.1) is 6.58 Å². The molecular weight excluding hydrogens is 436 g/mol. The predicted octanol–water partition coefficient (Wildman–Crippen LogP) is 11.1. The summed E-state index contributed by atoms with van der Waals surface area (Å²) in [5, 5.41) is 0. The molecule has 1 heteroatoms. The molecule has 0 aromatic heterocycles. The van der Waals surface area contributed by atoms with Crippen molar-refractivity contribution < 1.29 is 4.74 Å². The quantitative estimate of drug-likeness (QED) is 0.165. The minimum Gasteiger partial charge on any atom is -0.486 e. The third-order valence-electron chi connectivity index (χ3n) is 9.48. The topological polar surface area (TPSA) is 9.23 Å². The molecule has 2 aliphatic carbocycles. The van der Waals surface area contributed by atoms with E-state index in [-0.39, 0.29) is 6.10 Å². The van der Waals surface area contributed by atoms with Gasteiger partial charge in [-0.3, -0.25) is 0 Å². The van der Waals surface area contributed by atoms with Crippen LogP contribution in [0, 0.1) is 23.7 Å². The van der Waals surface area contributed by atoms with Gasteiger partial charge in [0.2, 0.25) is 0 Å². The smallest absolute Gasteiger partial charge is 0.120 e. The van der Waals surface area contributed by atoms with Gasteiger partial charge in [-0.05, 0) is 79.4 Å². The van der Waals surface area contributed by atoms with Gasteiger partial charge in [-0.1, -0.05) is 122 Å². The Hall–Kier alpha value is -1.50. The Morgan fingerprint density at radius 2 is 1.28 bits per heavy atom. The fourth-order valence-electron chi connectivity index (χ4n) is 7.12. The Kier molecular flexibility index (Phi) is 13.2. The summed E-state index contributed by atoms with van der Waals surface area (Å²) in [6.07, 6.45) is 27.5. The Labute approximate surface area is 224 Å². The Bertz CT molecular complexity index is 718. The first kappa shape index (κ1) is 29.1. The van der Waals surface area contributed by atoms with E-state index in [2.05, 4.69) is 63.4 Å². The molecule has 2 saturated carbocycles. The minimum atomic E-state index is 0.138. The van der Waals surface area contributed by atoms with E-state index in [0.717, 1.165) is 29.9 Å². The van der Waals surface area contributed by atoms with Crippen LogP contribution in [0.3, 0.4) is 0 Å². The van der Waals surface area contributed by atoms with Crippen LogP contribution in [0.4, 0.5) is 0 Å². The van der Waals surface area contributed by atoms with Crippen molar-refractivity contribution in [3.05, 3.63) is 55.1 Å². The average Bonchev–Trinajstić information content (AvgIpc) is 2.92. The number of allylic oxidation sites excluding steroid dienone is 1. The maximum atomic E-state index is 6.50. The molecule has 0 heterocycles. The second-order valence-electron chi connectivity index (χ2n) is 12.1. The number of hydrogen-bond acceptors (Lipinski definition) is 1. The summed E-state index contributed by atoms with van der Waals surface area (Å²) >= 11 is 0. The van der Waals surface area contributed by atoms with Gasteiger partial charge in [-0.2, -0.15) is 0 Å². The number of ether oxygens (including phenoxy) is 1. The minimum absolute atomic E-state index is 0.138. The summed E-state index contributed by atoms with van der Waals surface area (Å²) in [5.41, 5.74) is 1.47. The molecular formula is C35H56O. The molecule has 0 N–H and O–H groups in total. The van der Waals surface area contributed by atoms with Crippen molar-refractivity contribution in [2.45, 2.75) is 135 Å². The van der Waals surface area contributed by atoms with E-state index in [9.17, 15) is 0 Å². The van der Waals surface area contributed by atoms with Gasteiger partial charge in [0, 0.05) is 0 Å². The first-order chi connectivity index (χ1) is 17.7. The van der Waals surface area contributed by atoms with Crippen LogP contribution in [0.2, 0.25) is 0 Å². The molecule has 2 fully saturated rings.